The Balaban J connectivity index is 1.78. The van der Waals surface area contributed by atoms with Crippen molar-refractivity contribution in [2.45, 2.75) is 44.8 Å². The third-order valence-corrected chi connectivity index (χ3v) is 4.88. The molecule has 1 heterocycles. The van der Waals surface area contributed by atoms with Gasteiger partial charge in [-0.3, -0.25) is 0 Å². The smallest absolute Gasteiger partial charge is 0.481 e. The Morgan fingerprint density at radius 2 is 1.96 bits per heavy atom. The van der Waals surface area contributed by atoms with E-state index in [1.807, 2.05) is 0 Å². The molecule has 0 aromatic carbocycles. The average molecular weight is 338 g/mol. The summed E-state index contributed by atoms with van der Waals surface area (Å²) in [6, 6.07) is 1.70. The van der Waals surface area contributed by atoms with Crippen LogP contribution in [0.2, 0.25) is 0 Å². The van der Waals surface area contributed by atoms with Crippen molar-refractivity contribution in [3.8, 4) is 17.8 Å². The monoisotopic (exact) mass is 338 g/mol. The predicted molar refractivity (Wildman–Crippen MR) is 82.3 cm³/mol. The fourth-order valence-electron chi connectivity index (χ4n) is 3.47. The minimum Gasteiger partial charge on any atom is -0.481 e. The minimum absolute atomic E-state index is 0.0899. The number of hydrogen-bond donors (Lipinski definition) is 0. The van der Waals surface area contributed by atoms with Gasteiger partial charge in [0.15, 0.2) is 5.60 Å². The van der Waals surface area contributed by atoms with Crippen LogP contribution in [0.1, 0.15) is 33.1 Å². The fraction of sp³-hybridized carbons (Fsp3) is 0.688. The number of methoxy groups -OCH3 is 2. The van der Waals surface area contributed by atoms with Gasteiger partial charge in [-0.1, -0.05) is 6.92 Å². The van der Waals surface area contributed by atoms with Crippen LogP contribution < -0.4 is 14.2 Å². The molecule has 0 saturated heterocycles. The quantitative estimate of drug-likeness (QED) is 0.730. The number of ether oxygens (including phenoxy) is 5. The second kappa shape index (κ2) is 5.99. The summed E-state index contributed by atoms with van der Waals surface area (Å²) < 4.78 is 26.7. The fourth-order valence-corrected chi connectivity index (χ4v) is 3.47. The molecule has 2 saturated carbocycles. The van der Waals surface area contributed by atoms with Crippen molar-refractivity contribution in [1.29, 1.82) is 0 Å². The van der Waals surface area contributed by atoms with E-state index in [1.165, 1.54) is 14.2 Å². The summed E-state index contributed by atoms with van der Waals surface area (Å²) in [4.78, 5) is 20.2. The molecule has 2 aliphatic rings. The van der Waals surface area contributed by atoms with Crippen molar-refractivity contribution in [3.05, 3.63) is 6.07 Å². The zero-order chi connectivity index (χ0) is 17.4. The van der Waals surface area contributed by atoms with Gasteiger partial charge >= 0.3 is 12.2 Å². The summed E-state index contributed by atoms with van der Waals surface area (Å²) in [7, 11) is 3.01. The van der Waals surface area contributed by atoms with E-state index in [9.17, 15) is 4.79 Å². The van der Waals surface area contributed by atoms with Crippen LogP contribution in [-0.2, 0) is 9.47 Å². The summed E-state index contributed by atoms with van der Waals surface area (Å²) in [5.41, 5.74) is -0.772. The molecule has 132 valence electrons. The maximum atomic E-state index is 11.8. The van der Waals surface area contributed by atoms with Crippen LogP contribution in [0, 0.1) is 5.41 Å². The van der Waals surface area contributed by atoms with E-state index >= 15 is 0 Å². The van der Waals surface area contributed by atoms with Gasteiger partial charge in [0, 0.05) is 11.8 Å². The first-order valence-electron chi connectivity index (χ1n) is 7.96. The molecular weight excluding hydrogens is 316 g/mol. The van der Waals surface area contributed by atoms with E-state index in [0.717, 1.165) is 19.3 Å². The van der Waals surface area contributed by atoms with Gasteiger partial charge in [0.1, 0.15) is 6.10 Å². The molecule has 3 atom stereocenters. The first-order valence-corrected chi connectivity index (χ1v) is 7.96. The molecule has 0 radical (unpaired) electrons. The Bertz CT molecular complexity index is 617. The van der Waals surface area contributed by atoms with Crippen LogP contribution in [-0.4, -0.2) is 48.7 Å². The summed E-state index contributed by atoms with van der Waals surface area (Å²) in [6.07, 6.45) is 1.39. The maximum Gasteiger partial charge on any atom is 0.508 e. The van der Waals surface area contributed by atoms with E-state index in [4.69, 9.17) is 23.7 Å². The van der Waals surface area contributed by atoms with Gasteiger partial charge in [-0.2, -0.15) is 9.97 Å². The molecule has 8 heteroatoms. The van der Waals surface area contributed by atoms with E-state index in [-0.39, 0.29) is 24.1 Å². The lowest BCUT2D eigenvalue weighted by atomic mass is 10.1. The van der Waals surface area contributed by atoms with Crippen LogP contribution in [0.25, 0.3) is 0 Å². The highest BCUT2D eigenvalue weighted by Gasteiger charge is 2.76. The van der Waals surface area contributed by atoms with Crippen molar-refractivity contribution >= 4 is 6.16 Å². The number of aromatic nitrogens is 2. The van der Waals surface area contributed by atoms with Gasteiger partial charge in [0.2, 0.25) is 11.8 Å². The van der Waals surface area contributed by atoms with E-state index < -0.39 is 11.8 Å². The molecule has 0 amide bonds. The largest absolute Gasteiger partial charge is 0.508 e. The number of fused-ring (bicyclic) bond motifs is 1. The average Bonchev–Trinajstić information content (AvgIpc) is 3.07. The molecule has 0 spiro atoms. The van der Waals surface area contributed by atoms with Crippen molar-refractivity contribution in [3.63, 3.8) is 0 Å². The van der Waals surface area contributed by atoms with Crippen LogP contribution in [0.4, 0.5) is 4.79 Å². The normalized spacial score (nSPS) is 30.2. The Morgan fingerprint density at radius 3 is 2.50 bits per heavy atom. The first kappa shape index (κ1) is 16.6. The first-order chi connectivity index (χ1) is 11.5. The van der Waals surface area contributed by atoms with E-state index in [1.54, 1.807) is 13.0 Å². The lowest BCUT2D eigenvalue weighted by Crippen LogP contribution is -2.38. The molecular formula is C16H22N2O6. The predicted octanol–water partition coefficient (Wildman–Crippen LogP) is 2.36. The zero-order valence-corrected chi connectivity index (χ0v) is 14.3. The lowest BCUT2D eigenvalue weighted by Gasteiger charge is -2.24. The summed E-state index contributed by atoms with van der Waals surface area (Å²) in [6.45, 7) is 4.10. The third-order valence-electron chi connectivity index (χ3n) is 4.88. The highest BCUT2D eigenvalue weighted by molar-refractivity contribution is 5.62. The van der Waals surface area contributed by atoms with Crippen molar-refractivity contribution < 1.29 is 28.5 Å². The van der Waals surface area contributed by atoms with Crippen LogP contribution in [0.5, 0.6) is 17.8 Å². The number of nitrogens with zero attached hydrogens (tertiary/aromatic N) is 2. The lowest BCUT2D eigenvalue weighted by molar-refractivity contribution is -0.0408. The molecule has 3 rings (SSSR count). The second-order valence-corrected chi connectivity index (χ2v) is 6.29. The van der Waals surface area contributed by atoms with Crippen LogP contribution in [0.3, 0.4) is 0 Å². The molecule has 3 unspecified atom stereocenters. The Kier molecular flexibility index (Phi) is 4.15. The van der Waals surface area contributed by atoms with Gasteiger partial charge in [-0.15, -0.1) is 0 Å². The van der Waals surface area contributed by atoms with E-state index in [2.05, 4.69) is 16.9 Å². The highest BCUT2D eigenvalue weighted by Crippen LogP contribution is 2.69. The summed E-state index contributed by atoms with van der Waals surface area (Å²) in [5, 5.41) is 0. The van der Waals surface area contributed by atoms with Crippen molar-refractivity contribution in [1.82, 2.24) is 9.97 Å². The molecule has 0 aliphatic heterocycles. The molecule has 24 heavy (non-hydrogen) atoms. The zero-order valence-electron chi connectivity index (χ0n) is 14.3. The standard InChI is InChI=1S/C16H22N2O6/c1-5-22-14(19)24-16-9-15(16,2)7-6-10(16)23-13-17-11(20-3)8-12(18-13)21-4/h8,10H,5-7,9H2,1-4H3. The number of carbonyl (C=O) groups excluding carboxylic acids is 1. The van der Waals surface area contributed by atoms with Gasteiger partial charge < -0.3 is 23.7 Å². The van der Waals surface area contributed by atoms with Gasteiger partial charge in [-0.05, 0) is 19.8 Å². The summed E-state index contributed by atoms with van der Waals surface area (Å²) >= 11 is 0. The van der Waals surface area contributed by atoms with Gasteiger partial charge in [-0.25, -0.2) is 4.79 Å². The Hall–Kier alpha value is -2.25. The number of hydrogen-bond acceptors (Lipinski definition) is 8. The molecule has 0 bridgehead atoms. The van der Waals surface area contributed by atoms with Gasteiger partial charge in [0.25, 0.3) is 0 Å². The Labute approximate surface area is 140 Å². The van der Waals surface area contributed by atoms with Crippen LogP contribution >= 0.6 is 0 Å². The highest BCUT2D eigenvalue weighted by atomic mass is 16.7. The number of carbonyl (C=O) groups is 1. The van der Waals surface area contributed by atoms with E-state index in [0.29, 0.717) is 11.8 Å². The maximum absolute atomic E-state index is 11.8. The Morgan fingerprint density at radius 1 is 1.29 bits per heavy atom. The molecule has 8 nitrogen and oxygen atoms in total. The van der Waals surface area contributed by atoms with Crippen molar-refractivity contribution in [2.75, 3.05) is 20.8 Å². The topological polar surface area (TPSA) is 89.0 Å². The molecule has 0 N–H and O–H groups in total. The molecule has 2 fully saturated rings. The minimum atomic E-state index is -0.682. The van der Waals surface area contributed by atoms with Gasteiger partial charge in [0.05, 0.1) is 26.9 Å². The third kappa shape index (κ3) is 2.70. The second-order valence-electron chi connectivity index (χ2n) is 6.29. The SMILES string of the molecule is CCOC(=O)OC12CC1(C)CCC2Oc1nc(OC)cc(OC)n1. The summed E-state index contributed by atoms with van der Waals surface area (Å²) in [5.74, 6) is 0.683. The molecule has 1 aromatic heterocycles. The van der Waals surface area contributed by atoms with Crippen LogP contribution in [0.15, 0.2) is 6.07 Å². The molecule has 2 aliphatic carbocycles. The number of rotatable bonds is 6. The van der Waals surface area contributed by atoms with Crippen molar-refractivity contribution in [2.24, 2.45) is 5.41 Å². The molecule has 1 aromatic rings.